The molecular formula is C31H37ClN6O3. The lowest BCUT2D eigenvalue weighted by Gasteiger charge is -2.27. The Morgan fingerprint density at radius 1 is 1.17 bits per heavy atom. The second-order valence-electron chi connectivity index (χ2n) is 10.2. The molecule has 9 nitrogen and oxygen atoms in total. The number of nitrogens with zero attached hydrogens (tertiary/aromatic N) is 4. The van der Waals surface area contributed by atoms with Crippen LogP contribution in [0.4, 0.5) is 5.82 Å². The molecular weight excluding hydrogens is 540 g/mol. The maximum absolute atomic E-state index is 12.9. The molecule has 0 bridgehead atoms. The van der Waals surface area contributed by atoms with Crippen LogP contribution in [-0.4, -0.2) is 38.9 Å². The highest BCUT2D eigenvalue weighted by atomic mass is 35.5. The Balaban J connectivity index is 0.000000251. The zero-order valence-electron chi connectivity index (χ0n) is 23.5. The number of rotatable bonds is 10. The molecule has 0 aliphatic carbocycles. The monoisotopic (exact) mass is 576 g/mol. The number of hydrogen-bond donors (Lipinski definition) is 2. The van der Waals surface area contributed by atoms with E-state index in [0.717, 1.165) is 55.2 Å². The summed E-state index contributed by atoms with van der Waals surface area (Å²) < 4.78 is 3.92. The molecule has 41 heavy (non-hydrogen) atoms. The van der Waals surface area contributed by atoms with E-state index in [-0.39, 0.29) is 5.56 Å². The molecule has 5 rings (SSSR count). The predicted molar refractivity (Wildman–Crippen MR) is 163 cm³/mol. The molecule has 2 unspecified atom stereocenters. The van der Waals surface area contributed by atoms with Crippen LogP contribution in [0.25, 0.3) is 17.0 Å². The lowest BCUT2D eigenvalue weighted by molar-refractivity contribution is -0.122. The molecule has 0 spiro atoms. The smallest absolute Gasteiger partial charge is 0.261 e. The van der Waals surface area contributed by atoms with Crippen LogP contribution in [0.2, 0.25) is 5.02 Å². The summed E-state index contributed by atoms with van der Waals surface area (Å²) in [6.45, 7) is 6.31. The predicted octanol–water partition coefficient (Wildman–Crippen LogP) is 4.95. The lowest BCUT2D eigenvalue weighted by atomic mass is 10.1. The maximum atomic E-state index is 12.9. The number of aryl methyl sites for hydroxylation is 1. The van der Waals surface area contributed by atoms with Gasteiger partial charge in [-0.05, 0) is 43.9 Å². The number of imidazole rings is 1. The van der Waals surface area contributed by atoms with Gasteiger partial charge < -0.3 is 16.0 Å². The SMILES string of the molecule is CCCCCn1c(N2CCCC2C)cc(=O)n2cc(-c3ccc(Cl)cc3)nc12.NC(=O)C(NC=O)c1ccccc1. The van der Waals surface area contributed by atoms with Crippen molar-refractivity contribution in [2.75, 3.05) is 11.4 Å². The van der Waals surface area contributed by atoms with Crippen molar-refractivity contribution in [1.29, 1.82) is 0 Å². The molecule has 1 aliphatic heterocycles. The molecule has 2 aromatic heterocycles. The van der Waals surface area contributed by atoms with Crippen LogP contribution < -0.4 is 21.5 Å². The number of fused-ring (bicyclic) bond motifs is 1. The van der Waals surface area contributed by atoms with Gasteiger partial charge in [0, 0.05) is 42.0 Å². The topological polar surface area (TPSA) is 115 Å². The molecule has 1 aliphatic rings. The van der Waals surface area contributed by atoms with Gasteiger partial charge in [0.1, 0.15) is 11.9 Å². The number of anilines is 1. The Bertz CT molecular complexity index is 1520. The third-order valence-electron chi connectivity index (χ3n) is 7.32. The summed E-state index contributed by atoms with van der Waals surface area (Å²) >= 11 is 6.02. The molecule has 3 heterocycles. The molecule has 0 radical (unpaired) electrons. The van der Waals surface area contributed by atoms with E-state index < -0.39 is 11.9 Å². The van der Waals surface area contributed by atoms with Crippen molar-refractivity contribution < 1.29 is 9.59 Å². The van der Waals surface area contributed by atoms with Gasteiger partial charge in [-0.1, -0.05) is 73.8 Å². The summed E-state index contributed by atoms with van der Waals surface area (Å²) in [5.74, 6) is 1.16. The van der Waals surface area contributed by atoms with Gasteiger partial charge in [-0.25, -0.2) is 4.98 Å². The highest BCUT2D eigenvalue weighted by Crippen LogP contribution is 2.28. The molecule has 2 amide bonds. The van der Waals surface area contributed by atoms with E-state index in [1.807, 2.05) is 36.5 Å². The third-order valence-corrected chi connectivity index (χ3v) is 7.57. The van der Waals surface area contributed by atoms with Crippen molar-refractivity contribution in [2.24, 2.45) is 5.73 Å². The van der Waals surface area contributed by atoms with E-state index in [2.05, 4.69) is 28.6 Å². The first-order valence-electron chi connectivity index (χ1n) is 14.0. The average Bonchev–Trinajstić information content (AvgIpc) is 3.61. The number of aromatic nitrogens is 3. The van der Waals surface area contributed by atoms with Crippen LogP contribution in [-0.2, 0) is 16.1 Å². The summed E-state index contributed by atoms with van der Waals surface area (Å²) in [5, 5.41) is 3.03. The number of primary amides is 1. The minimum Gasteiger partial charge on any atom is -0.368 e. The second kappa shape index (κ2) is 14.0. The van der Waals surface area contributed by atoms with Crippen LogP contribution >= 0.6 is 11.6 Å². The maximum Gasteiger partial charge on any atom is 0.261 e. The quantitative estimate of drug-likeness (QED) is 0.205. The number of amides is 2. The average molecular weight is 577 g/mol. The Kier molecular flexibility index (Phi) is 10.2. The van der Waals surface area contributed by atoms with Gasteiger partial charge in [-0.15, -0.1) is 0 Å². The van der Waals surface area contributed by atoms with Gasteiger partial charge in [0.05, 0.1) is 5.69 Å². The fraction of sp³-hybridized carbons (Fsp3) is 0.355. The number of halogens is 1. The number of carbonyl (C=O) groups is 2. The number of nitrogens with one attached hydrogen (secondary N) is 1. The van der Waals surface area contributed by atoms with Gasteiger partial charge in [-0.3, -0.25) is 23.4 Å². The van der Waals surface area contributed by atoms with Crippen molar-refractivity contribution in [3.8, 4) is 11.3 Å². The van der Waals surface area contributed by atoms with Crippen LogP contribution in [0.1, 0.15) is 57.6 Å². The molecule has 216 valence electrons. The van der Waals surface area contributed by atoms with Gasteiger partial charge in [0.15, 0.2) is 0 Å². The largest absolute Gasteiger partial charge is 0.368 e. The summed E-state index contributed by atoms with van der Waals surface area (Å²) in [4.78, 5) is 41.2. The highest BCUT2D eigenvalue weighted by molar-refractivity contribution is 6.30. The first kappa shape index (κ1) is 29.9. The fourth-order valence-corrected chi connectivity index (χ4v) is 5.27. The molecule has 2 atom stereocenters. The molecule has 2 aromatic carbocycles. The Labute approximate surface area is 244 Å². The molecule has 1 saturated heterocycles. The van der Waals surface area contributed by atoms with E-state index in [1.165, 1.54) is 12.8 Å². The summed E-state index contributed by atoms with van der Waals surface area (Å²) in [7, 11) is 0. The van der Waals surface area contributed by atoms with Gasteiger partial charge >= 0.3 is 0 Å². The standard InChI is InChI=1S/C22H27ClN4O.C9H10N2O2/c1-3-4-5-12-26-20(25-13-6-7-16(25)2)14-21(28)27-15-19(24-22(26)27)17-8-10-18(23)11-9-17;10-9(13)8(11-6-12)7-4-2-1-3-5-7/h8-11,14-16H,3-7,12-13H2,1-2H3;1-6,8H,(H2,10,13)(H,11,12). The number of unbranched alkanes of at least 4 members (excludes halogenated alkanes) is 2. The molecule has 4 aromatic rings. The van der Waals surface area contributed by atoms with Crippen molar-refractivity contribution in [3.05, 3.63) is 87.8 Å². The number of nitrogens with two attached hydrogens (primary N) is 1. The van der Waals surface area contributed by atoms with E-state index in [9.17, 15) is 14.4 Å². The molecule has 3 N–H and O–H groups in total. The lowest BCUT2D eigenvalue weighted by Crippen LogP contribution is -2.32. The van der Waals surface area contributed by atoms with Gasteiger partial charge in [0.2, 0.25) is 18.1 Å². The van der Waals surface area contributed by atoms with Crippen molar-refractivity contribution >= 4 is 35.5 Å². The molecule has 1 fully saturated rings. The Morgan fingerprint density at radius 3 is 2.51 bits per heavy atom. The van der Waals surface area contributed by atoms with Crippen molar-refractivity contribution in [3.63, 3.8) is 0 Å². The van der Waals surface area contributed by atoms with Crippen LogP contribution in [0.5, 0.6) is 0 Å². The minimum absolute atomic E-state index is 0.0245. The first-order valence-corrected chi connectivity index (χ1v) is 14.4. The Hall–Kier alpha value is -4.11. The van der Waals surface area contributed by atoms with E-state index in [4.69, 9.17) is 22.3 Å². The Morgan fingerprint density at radius 2 is 1.90 bits per heavy atom. The van der Waals surface area contributed by atoms with Crippen LogP contribution in [0.15, 0.2) is 71.7 Å². The van der Waals surface area contributed by atoms with E-state index in [1.54, 1.807) is 34.7 Å². The van der Waals surface area contributed by atoms with E-state index in [0.29, 0.717) is 23.0 Å². The summed E-state index contributed by atoms with van der Waals surface area (Å²) in [6.07, 6.45) is 8.04. The first-order chi connectivity index (χ1) is 19.8. The number of benzene rings is 2. The van der Waals surface area contributed by atoms with Gasteiger partial charge in [-0.2, -0.15) is 0 Å². The zero-order valence-corrected chi connectivity index (χ0v) is 24.3. The van der Waals surface area contributed by atoms with Crippen molar-refractivity contribution in [2.45, 2.75) is 64.6 Å². The van der Waals surface area contributed by atoms with Crippen molar-refractivity contribution in [1.82, 2.24) is 19.3 Å². The fourth-order valence-electron chi connectivity index (χ4n) is 5.15. The minimum atomic E-state index is -0.737. The highest BCUT2D eigenvalue weighted by Gasteiger charge is 2.25. The summed E-state index contributed by atoms with van der Waals surface area (Å²) in [6, 6.07) is 17.9. The normalized spacial score (nSPS) is 15.3. The third kappa shape index (κ3) is 7.16. The van der Waals surface area contributed by atoms with Crippen LogP contribution in [0.3, 0.4) is 0 Å². The van der Waals surface area contributed by atoms with Gasteiger partial charge in [0.25, 0.3) is 5.56 Å². The number of carbonyl (C=O) groups excluding carboxylic acids is 2. The molecule has 10 heteroatoms. The molecule has 0 saturated carbocycles. The zero-order chi connectivity index (χ0) is 29.4. The second-order valence-corrected chi connectivity index (χ2v) is 10.7. The number of hydrogen-bond acceptors (Lipinski definition) is 5. The summed E-state index contributed by atoms with van der Waals surface area (Å²) in [5.41, 5.74) is 7.51. The van der Waals surface area contributed by atoms with E-state index >= 15 is 0 Å². The van der Waals surface area contributed by atoms with Crippen LogP contribution in [0, 0.1) is 0 Å².